The molecule has 0 spiro atoms. The first-order valence-electron chi connectivity index (χ1n) is 11.6. The van der Waals surface area contributed by atoms with Crippen LogP contribution in [0, 0.1) is 0 Å². The molecule has 0 radical (unpaired) electrons. The van der Waals surface area contributed by atoms with Crippen LogP contribution in [0.15, 0.2) is 48.5 Å². The molecule has 1 atom stereocenters. The lowest BCUT2D eigenvalue weighted by Crippen LogP contribution is -2.55. The van der Waals surface area contributed by atoms with Crippen molar-refractivity contribution >= 4 is 5.78 Å². The van der Waals surface area contributed by atoms with Crippen molar-refractivity contribution in [2.75, 3.05) is 33.8 Å². The lowest BCUT2D eigenvalue weighted by Gasteiger charge is -2.45. The van der Waals surface area contributed by atoms with E-state index in [0.717, 1.165) is 5.56 Å². The first-order valence-corrected chi connectivity index (χ1v) is 11.6. The summed E-state index contributed by atoms with van der Waals surface area (Å²) >= 11 is 0. The first kappa shape index (κ1) is 28.1. The summed E-state index contributed by atoms with van der Waals surface area (Å²) in [5.74, 6) is 0.0217. The normalized spacial score (nSPS) is 17.8. The molecule has 2 aromatic rings. The minimum Gasteiger partial charge on any atom is -0.376 e. The second-order valence-electron chi connectivity index (χ2n) is 9.54. The molecule has 1 aliphatic heterocycles. The van der Waals surface area contributed by atoms with Gasteiger partial charge in [0.2, 0.25) is 0 Å². The molecule has 0 aliphatic carbocycles. The van der Waals surface area contributed by atoms with E-state index in [1.807, 2.05) is 49.3 Å². The van der Waals surface area contributed by atoms with Crippen LogP contribution < -0.4 is 0 Å². The van der Waals surface area contributed by atoms with Gasteiger partial charge >= 0.3 is 12.4 Å². The van der Waals surface area contributed by atoms with Gasteiger partial charge in [0.05, 0.1) is 24.3 Å². The zero-order valence-corrected chi connectivity index (χ0v) is 20.4. The average Bonchev–Trinajstić information content (AvgIpc) is 2.79. The molecule has 2 aromatic carbocycles. The minimum atomic E-state index is -4.91. The highest BCUT2D eigenvalue weighted by atomic mass is 19.4. The van der Waals surface area contributed by atoms with E-state index in [2.05, 4.69) is 4.90 Å². The Morgan fingerprint density at radius 1 is 0.972 bits per heavy atom. The number of hydrogen-bond donors (Lipinski definition) is 0. The number of Topliss-reactive ketones (excluding diaryl/α,β-unsaturated/α-hetero) is 1. The van der Waals surface area contributed by atoms with Crippen molar-refractivity contribution in [1.29, 1.82) is 0 Å². The summed E-state index contributed by atoms with van der Waals surface area (Å²) in [6.45, 7) is 2.44. The topological polar surface area (TPSA) is 32.8 Å². The van der Waals surface area contributed by atoms with Crippen LogP contribution in [0.4, 0.5) is 26.3 Å². The van der Waals surface area contributed by atoms with Crippen molar-refractivity contribution in [1.82, 2.24) is 9.80 Å². The molecule has 198 valence electrons. The summed E-state index contributed by atoms with van der Waals surface area (Å²) < 4.78 is 85.1. The van der Waals surface area contributed by atoms with E-state index >= 15 is 0 Å². The molecule has 3 rings (SSSR count). The predicted molar refractivity (Wildman–Crippen MR) is 123 cm³/mol. The number of ether oxygens (including phenoxy) is 1. The Labute approximate surface area is 206 Å². The minimum absolute atomic E-state index is 0.0217. The van der Waals surface area contributed by atoms with E-state index in [1.54, 1.807) is 0 Å². The van der Waals surface area contributed by atoms with Crippen LogP contribution in [0.3, 0.4) is 0 Å². The van der Waals surface area contributed by atoms with Crippen LogP contribution in [0.5, 0.6) is 0 Å². The Morgan fingerprint density at radius 2 is 1.50 bits per heavy atom. The number of halogens is 6. The fourth-order valence-corrected chi connectivity index (χ4v) is 4.92. The largest absolute Gasteiger partial charge is 0.416 e. The van der Waals surface area contributed by atoms with Crippen LogP contribution in [-0.4, -0.2) is 55.5 Å². The second kappa shape index (κ2) is 10.9. The molecule has 0 saturated carbocycles. The van der Waals surface area contributed by atoms with Gasteiger partial charge in [0.15, 0.2) is 5.78 Å². The molecule has 36 heavy (non-hydrogen) atoms. The number of piperidine rings is 1. The van der Waals surface area contributed by atoms with E-state index in [1.165, 1.54) is 6.92 Å². The number of carbonyl (C=O) groups is 1. The van der Waals surface area contributed by atoms with Gasteiger partial charge in [-0.05, 0) is 63.2 Å². The van der Waals surface area contributed by atoms with E-state index < -0.39 is 28.9 Å². The van der Waals surface area contributed by atoms with Crippen LogP contribution >= 0.6 is 0 Å². The van der Waals surface area contributed by atoms with Crippen LogP contribution in [0.1, 0.15) is 42.0 Å². The Hall–Kier alpha value is -2.43. The third-order valence-corrected chi connectivity index (χ3v) is 6.63. The maximum absolute atomic E-state index is 13.2. The molecule has 1 aliphatic rings. The van der Waals surface area contributed by atoms with Gasteiger partial charge in [0.1, 0.15) is 6.17 Å². The molecule has 0 bridgehead atoms. The zero-order valence-electron chi connectivity index (χ0n) is 20.4. The molecule has 0 N–H and O–H groups in total. The summed E-state index contributed by atoms with van der Waals surface area (Å²) in [4.78, 5) is 16.1. The van der Waals surface area contributed by atoms with Crippen LogP contribution in [0.2, 0.25) is 0 Å². The molecule has 4 nitrogen and oxygen atoms in total. The van der Waals surface area contributed by atoms with Crippen molar-refractivity contribution in [3.8, 4) is 0 Å². The van der Waals surface area contributed by atoms with E-state index in [0.29, 0.717) is 38.1 Å². The highest BCUT2D eigenvalue weighted by Gasteiger charge is 2.40. The van der Waals surface area contributed by atoms with Crippen molar-refractivity contribution in [2.24, 2.45) is 0 Å². The summed E-state index contributed by atoms with van der Waals surface area (Å²) in [5.41, 5.74) is -2.42. The van der Waals surface area contributed by atoms with Crippen LogP contribution in [0.25, 0.3) is 0 Å². The highest BCUT2D eigenvalue weighted by Crippen LogP contribution is 2.39. The number of alkyl halides is 6. The maximum Gasteiger partial charge on any atom is 0.416 e. The van der Waals surface area contributed by atoms with E-state index in [-0.39, 0.29) is 36.8 Å². The molecule has 1 saturated heterocycles. The third kappa shape index (κ3) is 6.66. The second-order valence-corrected chi connectivity index (χ2v) is 9.54. The number of carbonyl (C=O) groups excluding carboxylic acids is 1. The highest BCUT2D eigenvalue weighted by molar-refractivity contribution is 5.80. The number of benzene rings is 2. The fourth-order valence-electron chi connectivity index (χ4n) is 4.92. The van der Waals surface area contributed by atoms with E-state index in [9.17, 15) is 31.1 Å². The summed E-state index contributed by atoms with van der Waals surface area (Å²) in [7, 11) is 3.66. The number of ketones is 1. The van der Waals surface area contributed by atoms with Crippen molar-refractivity contribution in [3.05, 3.63) is 70.8 Å². The van der Waals surface area contributed by atoms with Gasteiger partial charge in [-0.1, -0.05) is 30.3 Å². The first-order chi connectivity index (χ1) is 16.7. The van der Waals surface area contributed by atoms with Crippen LogP contribution in [-0.2, 0) is 33.9 Å². The quantitative estimate of drug-likeness (QED) is 0.419. The summed E-state index contributed by atoms with van der Waals surface area (Å²) in [6, 6.07) is 11.0. The Kier molecular flexibility index (Phi) is 8.52. The molecule has 0 amide bonds. The molecule has 1 unspecified atom stereocenters. The van der Waals surface area contributed by atoms with Gasteiger partial charge in [-0.3, -0.25) is 14.6 Å². The zero-order chi connectivity index (χ0) is 26.7. The molecule has 10 heteroatoms. The smallest absolute Gasteiger partial charge is 0.376 e. The average molecular weight is 517 g/mol. The van der Waals surface area contributed by atoms with Gasteiger partial charge in [0.25, 0.3) is 0 Å². The number of nitrogens with zero attached hydrogens (tertiary/aromatic N) is 2. The lowest BCUT2D eigenvalue weighted by molar-refractivity contribution is -0.143. The molecular formula is C26H30F6N2O2. The monoisotopic (exact) mass is 516 g/mol. The predicted octanol–water partition coefficient (Wildman–Crippen LogP) is 5.75. The van der Waals surface area contributed by atoms with Gasteiger partial charge in [0, 0.05) is 18.5 Å². The fraction of sp³-hybridized carbons (Fsp3) is 0.500. The molecule has 1 fully saturated rings. The van der Waals surface area contributed by atoms with E-state index in [4.69, 9.17) is 4.74 Å². The summed E-state index contributed by atoms with van der Waals surface area (Å²) in [5, 5.41) is 0. The van der Waals surface area contributed by atoms with Gasteiger partial charge < -0.3 is 4.74 Å². The lowest BCUT2D eigenvalue weighted by atomic mass is 9.73. The van der Waals surface area contributed by atoms with Gasteiger partial charge in [-0.25, -0.2) is 0 Å². The van der Waals surface area contributed by atoms with Crippen molar-refractivity contribution < 1.29 is 35.9 Å². The molecular weight excluding hydrogens is 486 g/mol. The van der Waals surface area contributed by atoms with Crippen molar-refractivity contribution in [3.63, 3.8) is 0 Å². The summed E-state index contributed by atoms with van der Waals surface area (Å²) in [6.07, 6.45) is -8.96. The van der Waals surface area contributed by atoms with Gasteiger partial charge in [-0.15, -0.1) is 0 Å². The molecule has 1 heterocycles. The number of rotatable bonds is 8. The Balaban J connectivity index is 1.80. The van der Waals surface area contributed by atoms with Gasteiger partial charge in [-0.2, -0.15) is 26.3 Å². The maximum atomic E-state index is 13.2. The van der Waals surface area contributed by atoms with Crippen molar-refractivity contribution in [2.45, 2.75) is 50.3 Å². The standard InChI is InChI=1S/C26H30F6N2O2/c1-18(35)23(33(2)3)34-11-9-24(10-12-34,20-7-5-4-6-8-20)17-36-16-19-13-21(25(27,28)29)15-22(14-19)26(30,31)32/h4-8,13-15,23H,9-12,16-17H2,1-3H3. The number of likely N-dealkylation sites (tertiary alicyclic amines) is 1. The number of hydrogen-bond acceptors (Lipinski definition) is 4. The third-order valence-electron chi connectivity index (χ3n) is 6.63. The molecule has 0 aromatic heterocycles. The number of likely N-dealkylation sites (N-methyl/N-ethyl adjacent to an activating group) is 1. The Morgan fingerprint density at radius 3 is 1.94 bits per heavy atom. The Bertz CT molecular complexity index is 997. The SMILES string of the molecule is CC(=O)C(N(C)C)N1CCC(COCc2cc(C(F)(F)F)cc(C(F)(F)F)c2)(c2ccccc2)CC1.